The van der Waals surface area contributed by atoms with Crippen molar-refractivity contribution in [3.05, 3.63) is 30.3 Å². The fourth-order valence-electron chi connectivity index (χ4n) is 3.01. The highest BCUT2D eigenvalue weighted by molar-refractivity contribution is 14.0. The lowest BCUT2D eigenvalue weighted by atomic mass is 10.3. The van der Waals surface area contributed by atoms with Crippen molar-refractivity contribution in [2.45, 2.75) is 17.1 Å². The van der Waals surface area contributed by atoms with Crippen LogP contribution in [0.25, 0.3) is 0 Å². The number of carbonyl (C=O) groups excluding carboxylic acids is 1. The molecule has 0 radical (unpaired) electrons. The number of thioether (sulfide) groups is 1. The molecule has 1 heterocycles. The number of piperazine rings is 1. The first-order valence-corrected chi connectivity index (χ1v) is 10.7. The molecule has 0 saturated carbocycles. The van der Waals surface area contributed by atoms with E-state index in [9.17, 15) is 4.79 Å². The van der Waals surface area contributed by atoms with Gasteiger partial charge < -0.3 is 20.3 Å². The third kappa shape index (κ3) is 10.0. The topological polar surface area (TPSA) is 69.2 Å². The Balaban J connectivity index is 0.00000420. The summed E-state index contributed by atoms with van der Waals surface area (Å²) in [6.07, 6.45) is 0. The van der Waals surface area contributed by atoms with Crippen molar-refractivity contribution < 1.29 is 9.53 Å². The SMILES string of the molecule is CN=C(NCC(C)Sc1ccccc1)N1CCN(CC(=O)NCCOC)CC1.I. The number of ether oxygens (including phenoxy) is 1. The Bertz CT molecular complexity index is 612. The van der Waals surface area contributed by atoms with E-state index in [0.717, 1.165) is 38.7 Å². The predicted octanol–water partition coefficient (Wildman–Crippen LogP) is 1.74. The van der Waals surface area contributed by atoms with Crippen molar-refractivity contribution in [3.63, 3.8) is 0 Å². The summed E-state index contributed by atoms with van der Waals surface area (Å²) in [5.74, 6) is 0.990. The number of hydrogen-bond donors (Lipinski definition) is 2. The minimum absolute atomic E-state index is 0. The summed E-state index contributed by atoms with van der Waals surface area (Å²) >= 11 is 1.86. The maximum absolute atomic E-state index is 11.9. The number of benzene rings is 1. The van der Waals surface area contributed by atoms with Gasteiger partial charge in [-0.15, -0.1) is 35.7 Å². The van der Waals surface area contributed by atoms with Crippen molar-refractivity contribution in [1.29, 1.82) is 0 Å². The van der Waals surface area contributed by atoms with E-state index in [-0.39, 0.29) is 29.9 Å². The molecule has 1 unspecified atom stereocenters. The standard InChI is InChI=1S/C20H33N5O2S.HI/c1-17(28-18-7-5-4-6-8-18)15-23-20(21-2)25-12-10-24(11-13-25)16-19(26)22-9-14-27-3;/h4-8,17H,9-16H2,1-3H3,(H,21,23)(H,22,26);1H. The van der Waals surface area contributed by atoms with Gasteiger partial charge in [0, 0.05) is 63.6 Å². The van der Waals surface area contributed by atoms with E-state index in [1.807, 2.05) is 24.9 Å². The van der Waals surface area contributed by atoms with Gasteiger partial charge in [0.15, 0.2) is 5.96 Å². The molecule has 0 spiro atoms. The second-order valence-electron chi connectivity index (χ2n) is 6.78. The fraction of sp³-hybridized carbons (Fsp3) is 0.600. The molecular formula is C20H34IN5O2S. The van der Waals surface area contributed by atoms with Crippen molar-refractivity contribution in [1.82, 2.24) is 20.4 Å². The van der Waals surface area contributed by atoms with E-state index in [0.29, 0.717) is 24.9 Å². The number of methoxy groups -OCH3 is 1. The highest BCUT2D eigenvalue weighted by atomic mass is 127. The van der Waals surface area contributed by atoms with Gasteiger partial charge in [-0.2, -0.15) is 0 Å². The van der Waals surface area contributed by atoms with Gasteiger partial charge in [-0.05, 0) is 12.1 Å². The van der Waals surface area contributed by atoms with Crippen LogP contribution in [-0.4, -0.2) is 93.5 Å². The van der Waals surface area contributed by atoms with Crippen LogP contribution in [0.5, 0.6) is 0 Å². The lowest BCUT2D eigenvalue weighted by molar-refractivity contribution is -0.122. The first-order chi connectivity index (χ1) is 13.6. The Morgan fingerprint density at radius 3 is 2.52 bits per heavy atom. The molecule has 1 fully saturated rings. The molecule has 1 aromatic rings. The van der Waals surface area contributed by atoms with E-state index in [1.165, 1.54) is 4.90 Å². The van der Waals surface area contributed by atoms with E-state index >= 15 is 0 Å². The number of amides is 1. The normalized spacial score (nSPS) is 16.1. The number of guanidine groups is 1. The number of hydrogen-bond acceptors (Lipinski definition) is 5. The van der Waals surface area contributed by atoms with Gasteiger partial charge in [0.2, 0.25) is 5.91 Å². The summed E-state index contributed by atoms with van der Waals surface area (Å²) in [4.78, 5) is 22.1. The lowest BCUT2D eigenvalue weighted by Gasteiger charge is -2.36. The van der Waals surface area contributed by atoms with E-state index in [4.69, 9.17) is 4.74 Å². The third-order valence-corrected chi connectivity index (χ3v) is 5.62. The molecular weight excluding hydrogens is 501 g/mol. The van der Waals surface area contributed by atoms with Gasteiger partial charge in [-0.3, -0.25) is 14.7 Å². The summed E-state index contributed by atoms with van der Waals surface area (Å²) in [7, 11) is 3.46. The van der Waals surface area contributed by atoms with Crippen LogP contribution in [0.2, 0.25) is 0 Å². The number of halogens is 1. The number of nitrogens with one attached hydrogen (secondary N) is 2. The Hall–Kier alpha value is -1.04. The minimum Gasteiger partial charge on any atom is -0.383 e. The van der Waals surface area contributed by atoms with Crippen LogP contribution in [0, 0.1) is 0 Å². The zero-order valence-electron chi connectivity index (χ0n) is 17.6. The Kier molecular flexibility index (Phi) is 13.3. The summed E-state index contributed by atoms with van der Waals surface area (Å²) < 4.78 is 4.95. The zero-order chi connectivity index (χ0) is 20.2. The van der Waals surface area contributed by atoms with Gasteiger partial charge in [-0.25, -0.2) is 0 Å². The molecule has 2 N–H and O–H groups in total. The first-order valence-electron chi connectivity index (χ1n) is 9.77. The van der Waals surface area contributed by atoms with Crippen molar-refractivity contribution >= 4 is 47.6 Å². The maximum atomic E-state index is 11.9. The van der Waals surface area contributed by atoms with E-state index < -0.39 is 0 Å². The van der Waals surface area contributed by atoms with Gasteiger partial charge >= 0.3 is 0 Å². The molecule has 0 aliphatic carbocycles. The highest BCUT2D eigenvalue weighted by Crippen LogP contribution is 2.22. The van der Waals surface area contributed by atoms with E-state index in [2.05, 4.69) is 56.6 Å². The van der Waals surface area contributed by atoms with Gasteiger partial charge in [0.1, 0.15) is 0 Å². The molecule has 1 aromatic carbocycles. The predicted molar refractivity (Wildman–Crippen MR) is 131 cm³/mol. The molecule has 164 valence electrons. The molecule has 0 aromatic heterocycles. The van der Waals surface area contributed by atoms with Gasteiger partial charge in [-0.1, -0.05) is 25.1 Å². The Labute approximate surface area is 196 Å². The summed E-state index contributed by atoms with van der Waals surface area (Å²) in [6.45, 7) is 8.06. The second-order valence-corrected chi connectivity index (χ2v) is 8.29. The average molecular weight is 535 g/mol. The van der Waals surface area contributed by atoms with Crippen LogP contribution in [-0.2, 0) is 9.53 Å². The van der Waals surface area contributed by atoms with Crippen LogP contribution < -0.4 is 10.6 Å². The molecule has 1 aliphatic rings. The van der Waals surface area contributed by atoms with Crippen LogP contribution in [0.1, 0.15) is 6.92 Å². The van der Waals surface area contributed by atoms with Crippen LogP contribution >= 0.6 is 35.7 Å². The molecule has 2 rings (SSSR count). The smallest absolute Gasteiger partial charge is 0.234 e. The lowest BCUT2D eigenvalue weighted by Crippen LogP contribution is -2.54. The quantitative estimate of drug-likeness (QED) is 0.165. The third-order valence-electron chi connectivity index (χ3n) is 4.51. The molecule has 7 nitrogen and oxygen atoms in total. The van der Waals surface area contributed by atoms with Gasteiger partial charge in [0.05, 0.1) is 13.2 Å². The van der Waals surface area contributed by atoms with Gasteiger partial charge in [0.25, 0.3) is 0 Å². The first kappa shape index (κ1) is 26.0. The summed E-state index contributed by atoms with van der Waals surface area (Å²) in [5, 5.41) is 6.80. The van der Waals surface area contributed by atoms with Crippen molar-refractivity contribution in [3.8, 4) is 0 Å². The number of nitrogens with zero attached hydrogens (tertiary/aromatic N) is 3. The molecule has 1 atom stereocenters. The highest BCUT2D eigenvalue weighted by Gasteiger charge is 2.21. The fourth-order valence-corrected chi connectivity index (χ4v) is 3.96. The molecule has 1 aliphatic heterocycles. The molecule has 29 heavy (non-hydrogen) atoms. The Morgan fingerprint density at radius 2 is 1.90 bits per heavy atom. The van der Waals surface area contributed by atoms with Crippen LogP contribution in [0.15, 0.2) is 40.2 Å². The van der Waals surface area contributed by atoms with Crippen LogP contribution in [0.3, 0.4) is 0 Å². The minimum atomic E-state index is 0. The molecule has 9 heteroatoms. The van der Waals surface area contributed by atoms with Crippen molar-refractivity contribution in [2.75, 3.05) is 66.6 Å². The van der Waals surface area contributed by atoms with E-state index in [1.54, 1.807) is 7.11 Å². The number of rotatable bonds is 9. The zero-order valence-corrected chi connectivity index (χ0v) is 20.7. The monoisotopic (exact) mass is 535 g/mol. The molecule has 1 amide bonds. The van der Waals surface area contributed by atoms with Crippen LogP contribution in [0.4, 0.5) is 0 Å². The molecule has 1 saturated heterocycles. The summed E-state index contributed by atoms with van der Waals surface area (Å²) in [6, 6.07) is 10.5. The average Bonchev–Trinajstić information content (AvgIpc) is 2.70. The maximum Gasteiger partial charge on any atom is 0.234 e. The molecule has 0 bridgehead atoms. The largest absolute Gasteiger partial charge is 0.383 e. The number of carbonyl (C=O) groups is 1. The summed E-state index contributed by atoms with van der Waals surface area (Å²) in [5.41, 5.74) is 0. The second kappa shape index (κ2) is 14.9. The Morgan fingerprint density at radius 1 is 1.21 bits per heavy atom. The van der Waals surface area contributed by atoms with Crippen molar-refractivity contribution in [2.24, 2.45) is 4.99 Å². The number of aliphatic imine (C=N–C) groups is 1.